The number of alkyl halides is 3. The first-order valence-corrected chi connectivity index (χ1v) is 7.48. The minimum Gasteiger partial charge on any atom is -0.482 e. The van der Waals surface area contributed by atoms with Crippen LogP contribution in [0.4, 0.5) is 13.2 Å². The van der Waals surface area contributed by atoms with Crippen LogP contribution in [-0.4, -0.2) is 34.7 Å². The molecule has 1 N–H and O–H groups in total. The zero-order valence-corrected chi connectivity index (χ0v) is 13.9. The van der Waals surface area contributed by atoms with Crippen LogP contribution < -0.4 is 10.2 Å². The second-order valence-corrected chi connectivity index (χ2v) is 5.55. The average molecular weight is 395 g/mol. The predicted octanol–water partition coefficient (Wildman–Crippen LogP) is 3.28. The Morgan fingerprint density at radius 3 is 2.84 bits per heavy atom. The molecule has 0 unspecified atom stereocenters. The third-order valence-corrected chi connectivity index (χ3v) is 3.19. The van der Waals surface area contributed by atoms with E-state index in [1.165, 1.54) is 18.2 Å². The summed E-state index contributed by atoms with van der Waals surface area (Å²) in [5.41, 5.74) is 2.31. The second kappa shape index (κ2) is 8.21. The topological polar surface area (TPSA) is 68.5 Å². The first-order valence-electron chi connectivity index (χ1n) is 6.73. The number of amides is 1. The Kier molecular flexibility index (Phi) is 6.27. The Morgan fingerprint density at radius 2 is 2.12 bits per heavy atom. The van der Waals surface area contributed by atoms with Gasteiger partial charge in [-0.1, -0.05) is 23.2 Å². The van der Waals surface area contributed by atoms with Gasteiger partial charge in [0.25, 0.3) is 5.91 Å². The van der Waals surface area contributed by atoms with Crippen LogP contribution in [0.3, 0.4) is 0 Å². The number of nitrogens with zero attached hydrogens (tertiary/aromatic N) is 3. The monoisotopic (exact) mass is 394 g/mol. The average Bonchev–Trinajstić information content (AvgIpc) is 2.93. The lowest BCUT2D eigenvalue weighted by Crippen LogP contribution is -2.24. The molecule has 1 heterocycles. The maximum absolute atomic E-state index is 12.2. The van der Waals surface area contributed by atoms with Gasteiger partial charge in [0.05, 0.1) is 11.2 Å². The quantitative estimate of drug-likeness (QED) is 0.603. The Labute approximate surface area is 150 Å². The molecule has 0 spiro atoms. The molecule has 0 atom stereocenters. The van der Waals surface area contributed by atoms with Crippen molar-refractivity contribution in [1.29, 1.82) is 0 Å². The number of hydrogen-bond acceptors (Lipinski definition) is 4. The van der Waals surface area contributed by atoms with Crippen molar-refractivity contribution in [3.05, 3.63) is 46.2 Å². The molecule has 0 saturated carbocycles. The number of rotatable bonds is 6. The Hall–Kier alpha value is -2.26. The SMILES string of the molecule is O=C(COc1cc(Cl)ccc1Cl)N/N=C\c1ccn(CC(F)(F)F)n1. The highest BCUT2D eigenvalue weighted by atomic mass is 35.5. The largest absolute Gasteiger partial charge is 0.482 e. The summed E-state index contributed by atoms with van der Waals surface area (Å²) < 4.78 is 42.5. The van der Waals surface area contributed by atoms with Gasteiger partial charge in [0.15, 0.2) is 6.61 Å². The van der Waals surface area contributed by atoms with Gasteiger partial charge in [-0.15, -0.1) is 0 Å². The van der Waals surface area contributed by atoms with Crippen molar-refractivity contribution in [2.75, 3.05) is 6.61 Å². The molecule has 0 bridgehead atoms. The summed E-state index contributed by atoms with van der Waals surface area (Å²) in [6.45, 7) is -1.58. The van der Waals surface area contributed by atoms with Gasteiger partial charge in [-0.2, -0.15) is 23.4 Å². The number of halogens is 5. The van der Waals surface area contributed by atoms with Crippen molar-refractivity contribution in [2.45, 2.75) is 12.7 Å². The van der Waals surface area contributed by atoms with Crippen LogP contribution in [0, 0.1) is 0 Å². The van der Waals surface area contributed by atoms with Crippen LogP contribution in [0.1, 0.15) is 5.69 Å². The molecule has 0 fully saturated rings. The van der Waals surface area contributed by atoms with Crippen LogP contribution >= 0.6 is 23.2 Å². The lowest BCUT2D eigenvalue weighted by molar-refractivity contribution is -0.142. The molecule has 0 aliphatic rings. The van der Waals surface area contributed by atoms with Gasteiger partial charge in [0.2, 0.25) is 0 Å². The van der Waals surface area contributed by atoms with Gasteiger partial charge in [0, 0.05) is 17.3 Å². The van der Waals surface area contributed by atoms with Gasteiger partial charge < -0.3 is 4.74 Å². The summed E-state index contributed by atoms with van der Waals surface area (Å²) in [5, 5.41) is 7.91. The van der Waals surface area contributed by atoms with E-state index < -0.39 is 18.6 Å². The van der Waals surface area contributed by atoms with E-state index in [1.54, 1.807) is 6.07 Å². The van der Waals surface area contributed by atoms with Crippen LogP contribution in [0.5, 0.6) is 5.75 Å². The number of benzene rings is 1. The summed E-state index contributed by atoms with van der Waals surface area (Å²) in [5.74, 6) is -0.360. The number of carbonyl (C=O) groups excluding carboxylic acids is 1. The highest BCUT2D eigenvalue weighted by molar-refractivity contribution is 6.34. The van der Waals surface area contributed by atoms with Crippen LogP contribution in [0.2, 0.25) is 10.0 Å². The molecular weight excluding hydrogens is 384 g/mol. The molecule has 1 amide bonds. The molecule has 11 heteroatoms. The van der Waals surface area contributed by atoms with E-state index in [0.29, 0.717) is 9.70 Å². The molecule has 6 nitrogen and oxygen atoms in total. The van der Waals surface area contributed by atoms with E-state index in [-0.39, 0.29) is 23.1 Å². The number of ether oxygens (including phenoxy) is 1. The Bertz CT molecular complexity index is 778. The molecule has 2 aromatic rings. The van der Waals surface area contributed by atoms with Crippen LogP contribution in [-0.2, 0) is 11.3 Å². The summed E-state index contributed by atoms with van der Waals surface area (Å²) in [7, 11) is 0. The molecule has 0 aliphatic heterocycles. The molecule has 1 aromatic carbocycles. The lowest BCUT2D eigenvalue weighted by Gasteiger charge is -2.07. The van der Waals surface area contributed by atoms with Crippen molar-refractivity contribution in [3.63, 3.8) is 0 Å². The Morgan fingerprint density at radius 1 is 1.36 bits per heavy atom. The molecule has 0 saturated heterocycles. The van der Waals surface area contributed by atoms with Gasteiger partial charge in [-0.25, -0.2) is 5.43 Å². The number of carbonyl (C=O) groups is 1. The molecule has 2 rings (SSSR count). The Balaban J connectivity index is 1.81. The fourth-order valence-electron chi connectivity index (χ4n) is 1.65. The lowest BCUT2D eigenvalue weighted by atomic mass is 10.3. The number of nitrogens with one attached hydrogen (secondary N) is 1. The fraction of sp³-hybridized carbons (Fsp3) is 0.214. The minimum atomic E-state index is -4.37. The number of hydrogen-bond donors (Lipinski definition) is 1. The van der Waals surface area contributed by atoms with E-state index in [9.17, 15) is 18.0 Å². The standard InChI is InChI=1S/C14H11Cl2F3N4O2/c15-9-1-2-11(16)12(5-9)25-7-13(24)21-20-6-10-3-4-23(22-10)8-14(17,18)19/h1-6H,7-8H2,(H,21,24)/b20-6-. The zero-order valence-electron chi connectivity index (χ0n) is 12.4. The van der Waals surface area contributed by atoms with Gasteiger partial charge in [0.1, 0.15) is 18.0 Å². The third-order valence-electron chi connectivity index (χ3n) is 2.64. The smallest absolute Gasteiger partial charge is 0.408 e. The zero-order chi connectivity index (χ0) is 18.4. The molecule has 0 radical (unpaired) electrons. The van der Waals surface area contributed by atoms with Crippen molar-refractivity contribution in [2.24, 2.45) is 5.10 Å². The first-order chi connectivity index (χ1) is 11.7. The van der Waals surface area contributed by atoms with Crippen molar-refractivity contribution >= 4 is 35.3 Å². The minimum absolute atomic E-state index is 0.156. The van der Waals surface area contributed by atoms with Crippen LogP contribution in [0.25, 0.3) is 0 Å². The third kappa shape index (κ3) is 6.63. The molecule has 134 valence electrons. The van der Waals surface area contributed by atoms with E-state index in [1.807, 2.05) is 0 Å². The second-order valence-electron chi connectivity index (χ2n) is 4.71. The molecule has 0 aliphatic carbocycles. The fourth-order valence-corrected chi connectivity index (χ4v) is 1.99. The summed E-state index contributed by atoms with van der Waals surface area (Å²) >= 11 is 11.7. The molecular formula is C14H11Cl2F3N4O2. The molecule has 25 heavy (non-hydrogen) atoms. The maximum Gasteiger partial charge on any atom is 0.408 e. The number of aromatic nitrogens is 2. The summed E-state index contributed by atoms with van der Waals surface area (Å²) in [4.78, 5) is 11.6. The first kappa shape index (κ1) is 19.1. The summed E-state index contributed by atoms with van der Waals surface area (Å²) in [6, 6.07) is 5.86. The van der Waals surface area contributed by atoms with Gasteiger partial charge in [-0.05, 0) is 18.2 Å². The van der Waals surface area contributed by atoms with E-state index in [4.69, 9.17) is 27.9 Å². The van der Waals surface area contributed by atoms with Crippen molar-refractivity contribution in [1.82, 2.24) is 15.2 Å². The van der Waals surface area contributed by atoms with Crippen molar-refractivity contribution < 1.29 is 22.7 Å². The van der Waals surface area contributed by atoms with E-state index in [2.05, 4.69) is 15.6 Å². The number of hydrazone groups is 1. The predicted molar refractivity (Wildman–Crippen MR) is 86.0 cm³/mol. The van der Waals surface area contributed by atoms with Crippen molar-refractivity contribution in [3.8, 4) is 5.75 Å². The van der Waals surface area contributed by atoms with Gasteiger partial charge in [-0.3, -0.25) is 9.48 Å². The highest BCUT2D eigenvalue weighted by Crippen LogP contribution is 2.27. The molecule has 1 aromatic heterocycles. The van der Waals surface area contributed by atoms with Gasteiger partial charge >= 0.3 is 6.18 Å². The summed E-state index contributed by atoms with van der Waals surface area (Å²) in [6.07, 6.45) is -2.11. The van der Waals surface area contributed by atoms with E-state index >= 15 is 0 Å². The van der Waals surface area contributed by atoms with E-state index in [0.717, 1.165) is 12.4 Å². The normalized spacial score (nSPS) is 11.7. The maximum atomic E-state index is 12.2. The highest BCUT2D eigenvalue weighted by Gasteiger charge is 2.28. The van der Waals surface area contributed by atoms with Crippen LogP contribution in [0.15, 0.2) is 35.6 Å².